The van der Waals surface area contributed by atoms with Crippen LogP contribution >= 0.6 is 0 Å². The maximum Gasteiger partial charge on any atom is 0.309 e. The molecule has 1 fully saturated rings. The molecule has 0 heterocycles. The molecule has 2 nitrogen and oxygen atoms in total. The molecule has 0 spiro atoms. The van der Waals surface area contributed by atoms with E-state index < -0.39 is 11.4 Å². The number of rotatable bonds is 2. The zero-order valence-corrected chi connectivity index (χ0v) is 13.6. The number of aliphatic carboxylic acids is 1. The van der Waals surface area contributed by atoms with Crippen LogP contribution in [0.1, 0.15) is 59.3 Å². The van der Waals surface area contributed by atoms with Gasteiger partial charge in [-0.1, -0.05) is 38.0 Å². The summed E-state index contributed by atoms with van der Waals surface area (Å²) in [6.07, 6.45) is 11.3. The zero-order valence-electron chi connectivity index (χ0n) is 13.6. The first kappa shape index (κ1) is 14.9. The lowest BCUT2D eigenvalue weighted by Crippen LogP contribution is -2.47. The van der Waals surface area contributed by atoms with E-state index in [1.165, 1.54) is 24.8 Å². The summed E-state index contributed by atoms with van der Waals surface area (Å²) in [4.78, 5) is 11.8. The maximum atomic E-state index is 11.8. The Morgan fingerprint density at radius 1 is 1.38 bits per heavy atom. The van der Waals surface area contributed by atoms with Crippen molar-refractivity contribution in [2.24, 2.45) is 29.1 Å². The van der Waals surface area contributed by atoms with Gasteiger partial charge in [0.05, 0.1) is 5.41 Å². The molecule has 0 aromatic carbocycles. The van der Waals surface area contributed by atoms with E-state index in [-0.39, 0.29) is 0 Å². The molecular weight excluding hydrogens is 260 g/mol. The molecule has 0 radical (unpaired) electrons. The lowest BCUT2D eigenvalue weighted by molar-refractivity contribution is -0.156. The van der Waals surface area contributed by atoms with Gasteiger partial charge in [-0.05, 0) is 68.3 Å². The van der Waals surface area contributed by atoms with Crippen molar-refractivity contribution >= 4 is 5.97 Å². The summed E-state index contributed by atoms with van der Waals surface area (Å²) in [6, 6.07) is 0. The van der Waals surface area contributed by atoms with Crippen molar-refractivity contribution in [2.75, 3.05) is 0 Å². The van der Waals surface area contributed by atoms with Crippen LogP contribution in [0.5, 0.6) is 0 Å². The van der Waals surface area contributed by atoms with Crippen molar-refractivity contribution in [3.63, 3.8) is 0 Å². The third kappa shape index (κ3) is 2.37. The number of carbonyl (C=O) groups is 1. The van der Waals surface area contributed by atoms with Gasteiger partial charge in [-0.25, -0.2) is 0 Å². The van der Waals surface area contributed by atoms with Gasteiger partial charge in [-0.2, -0.15) is 0 Å². The number of hydrogen-bond donors (Lipinski definition) is 1. The van der Waals surface area contributed by atoms with Gasteiger partial charge in [0.15, 0.2) is 0 Å². The molecule has 1 unspecified atom stereocenters. The first-order chi connectivity index (χ1) is 9.93. The molecule has 4 atom stereocenters. The quantitative estimate of drug-likeness (QED) is 0.791. The number of carboxylic acids is 1. The van der Waals surface area contributed by atoms with E-state index in [4.69, 9.17) is 0 Å². The molecule has 0 amide bonds. The molecule has 3 aliphatic rings. The molecule has 3 rings (SSSR count). The summed E-state index contributed by atoms with van der Waals surface area (Å²) in [5.41, 5.74) is 2.58. The standard InChI is InChI=1S/C19H28O2/c1-12(2)13-6-8-15-14(11-13)7-9-17-16(15)5-4-10-19(17,3)18(20)21/h7,11-12,15-17H,4-6,8-10H2,1-3H3,(H,20,21)/t15-,16?,17+,19+/m1/s1. The summed E-state index contributed by atoms with van der Waals surface area (Å²) in [7, 11) is 0. The van der Waals surface area contributed by atoms with Crippen LogP contribution in [-0.2, 0) is 4.79 Å². The van der Waals surface area contributed by atoms with Gasteiger partial charge in [0.2, 0.25) is 0 Å². The van der Waals surface area contributed by atoms with Gasteiger partial charge >= 0.3 is 5.97 Å². The van der Waals surface area contributed by atoms with Crippen LogP contribution in [0, 0.1) is 29.1 Å². The predicted molar refractivity (Wildman–Crippen MR) is 84.9 cm³/mol. The molecule has 21 heavy (non-hydrogen) atoms. The molecule has 1 saturated carbocycles. The number of carboxylic acid groups (broad SMARTS) is 1. The van der Waals surface area contributed by atoms with Crippen molar-refractivity contribution in [2.45, 2.75) is 59.3 Å². The van der Waals surface area contributed by atoms with Crippen LogP contribution in [-0.4, -0.2) is 11.1 Å². The van der Waals surface area contributed by atoms with E-state index in [1.807, 2.05) is 6.92 Å². The summed E-state index contributed by atoms with van der Waals surface area (Å²) in [5, 5.41) is 9.71. The second-order valence-corrected chi connectivity index (χ2v) is 7.84. The molecule has 0 bridgehead atoms. The van der Waals surface area contributed by atoms with Crippen molar-refractivity contribution < 1.29 is 9.90 Å². The van der Waals surface area contributed by atoms with Crippen molar-refractivity contribution in [1.82, 2.24) is 0 Å². The Bertz CT molecular complexity index is 500. The number of allylic oxidation sites excluding steroid dienone is 4. The molecule has 0 saturated heterocycles. The lowest BCUT2D eigenvalue weighted by atomic mass is 9.54. The highest BCUT2D eigenvalue weighted by molar-refractivity contribution is 5.75. The third-order valence-corrected chi connectivity index (χ3v) is 6.45. The van der Waals surface area contributed by atoms with E-state index in [2.05, 4.69) is 26.0 Å². The fraction of sp³-hybridized carbons (Fsp3) is 0.737. The van der Waals surface area contributed by atoms with Gasteiger partial charge in [-0.15, -0.1) is 0 Å². The first-order valence-electron chi connectivity index (χ1n) is 8.57. The van der Waals surface area contributed by atoms with Gasteiger partial charge in [0.1, 0.15) is 0 Å². The molecule has 116 valence electrons. The van der Waals surface area contributed by atoms with Crippen LogP contribution < -0.4 is 0 Å². The fourth-order valence-electron chi connectivity index (χ4n) is 5.02. The van der Waals surface area contributed by atoms with Gasteiger partial charge in [0, 0.05) is 0 Å². The Labute approximate surface area is 128 Å². The lowest BCUT2D eigenvalue weighted by Gasteiger charge is -2.50. The first-order valence-corrected chi connectivity index (χ1v) is 8.57. The van der Waals surface area contributed by atoms with Crippen LogP contribution in [0.3, 0.4) is 0 Å². The minimum atomic E-state index is -0.580. The molecule has 2 heteroatoms. The Hall–Kier alpha value is -1.05. The van der Waals surface area contributed by atoms with E-state index >= 15 is 0 Å². The smallest absolute Gasteiger partial charge is 0.309 e. The second kappa shape index (κ2) is 5.30. The van der Waals surface area contributed by atoms with Crippen LogP contribution in [0.15, 0.2) is 23.3 Å². The molecular formula is C19H28O2. The molecule has 0 aliphatic heterocycles. The normalized spacial score (nSPS) is 39.1. The maximum absolute atomic E-state index is 11.8. The highest BCUT2D eigenvalue weighted by atomic mass is 16.4. The van der Waals surface area contributed by atoms with Crippen molar-refractivity contribution in [3.05, 3.63) is 23.3 Å². The summed E-state index contributed by atoms with van der Waals surface area (Å²) >= 11 is 0. The summed E-state index contributed by atoms with van der Waals surface area (Å²) < 4.78 is 0. The highest BCUT2D eigenvalue weighted by Crippen LogP contribution is 2.55. The topological polar surface area (TPSA) is 37.3 Å². The highest BCUT2D eigenvalue weighted by Gasteiger charge is 2.50. The average molecular weight is 288 g/mol. The van der Waals surface area contributed by atoms with E-state index in [0.29, 0.717) is 23.7 Å². The molecule has 0 aromatic rings. The van der Waals surface area contributed by atoms with E-state index in [9.17, 15) is 9.90 Å². The third-order valence-electron chi connectivity index (χ3n) is 6.45. The predicted octanol–water partition coefficient (Wildman–Crippen LogP) is 4.82. The molecule has 0 aromatic heterocycles. The molecule has 1 N–H and O–H groups in total. The Morgan fingerprint density at radius 3 is 2.81 bits per heavy atom. The Balaban J connectivity index is 1.91. The number of fused-ring (bicyclic) bond motifs is 3. The van der Waals surface area contributed by atoms with Crippen LogP contribution in [0.25, 0.3) is 0 Å². The monoisotopic (exact) mass is 288 g/mol. The number of hydrogen-bond acceptors (Lipinski definition) is 1. The van der Waals surface area contributed by atoms with Gasteiger partial charge in [-0.3, -0.25) is 4.79 Å². The Kier molecular flexibility index (Phi) is 3.75. The minimum absolute atomic E-state index is 0.339. The van der Waals surface area contributed by atoms with Crippen molar-refractivity contribution in [1.29, 1.82) is 0 Å². The average Bonchev–Trinajstić information content (AvgIpc) is 2.46. The van der Waals surface area contributed by atoms with Crippen molar-refractivity contribution in [3.8, 4) is 0 Å². The van der Waals surface area contributed by atoms with Crippen LogP contribution in [0.4, 0.5) is 0 Å². The summed E-state index contributed by atoms with van der Waals surface area (Å²) in [5.74, 6) is 1.60. The molecule has 3 aliphatic carbocycles. The Morgan fingerprint density at radius 2 is 2.14 bits per heavy atom. The summed E-state index contributed by atoms with van der Waals surface area (Å²) in [6.45, 7) is 6.55. The van der Waals surface area contributed by atoms with E-state index in [1.54, 1.807) is 5.57 Å². The zero-order chi connectivity index (χ0) is 15.2. The largest absolute Gasteiger partial charge is 0.481 e. The van der Waals surface area contributed by atoms with Crippen LogP contribution in [0.2, 0.25) is 0 Å². The van der Waals surface area contributed by atoms with Gasteiger partial charge < -0.3 is 5.11 Å². The second-order valence-electron chi connectivity index (χ2n) is 7.84. The minimum Gasteiger partial charge on any atom is -0.481 e. The van der Waals surface area contributed by atoms with E-state index in [0.717, 1.165) is 19.3 Å². The fourth-order valence-corrected chi connectivity index (χ4v) is 5.02. The van der Waals surface area contributed by atoms with Gasteiger partial charge in [0.25, 0.3) is 0 Å². The SMILES string of the molecule is CC(C)C1=CC2=CC[C@H]3C(CCC[C@]3(C)C(=O)O)[C@@H]2CC1.